The first-order valence-electron chi connectivity index (χ1n) is 28.1. The van der Waals surface area contributed by atoms with Crippen molar-refractivity contribution >= 4 is 17.7 Å². The first kappa shape index (κ1) is 74.6. The van der Waals surface area contributed by atoms with E-state index in [9.17, 15) is 75.7 Å². The molecule has 32 heteroatoms. The SMILES string of the molecule is CC(CCCCC(=O)NCCOCCOCCO[C@H]1OC(CO)[C@@H](O)[C@H](O)C1O)(COCCC(=O)NCCOCCOCCO[C@H]1OC(CO)[C@@H](O)[C@H](O)C1O)COCCC(=O)NCCOCCOCCO[C@H]1OC(CO)[C@@H](O)[C@H](O)C1O. The van der Waals surface area contributed by atoms with E-state index in [-0.39, 0.29) is 182 Å². The van der Waals surface area contributed by atoms with E-state index < -0.39 is 117 Å². The Bertz CT molecular complexity index is 1500. The number of hydrogen-bond donors (Lipinski definition) is 15. The van der Waals surface area contributed by atoms with Gasteiger partial charge < -0.3 is 144 Å². The Morgan fingerprint density at radius 3 is 0.964 bits per heavy atom. The Balaban J connectivity index is 1.26. The summed E-state index contributed by atoms with van der Waals surface area (Å²) in [5, 5.41) is 126. The van der Waals surface area contributed by atoms with Gasteiger partial charge in [0.25, 0.3) is 0 Å². The van der Waals surface area contributed by atoms with Crippen molar-refractivity contribution < 1.29 is 142 Å². The summed E-state index contributed by atoms with van der Waals surface area (Å²) in [7, 11) is 0. The lowest BCUT2D eigenvalue weighted by Crippen LogP contribution is -2.59. The van der Waals surface area contributed by atoms with Gasteiger partial charge in [0.15, 0.2) is 18.9 Å². The summed E-state index contributed by atoms with van der Waals surface area (Å²) in [5.41, 5.74) is -0.532. The number of carbonyl (C=O) groups is 3. The zero-order valence-electron chi connectivity index (χ0n) is 47.4. The van der Waals surface area contributed by atoms with E-state index in [1.54, 1.807) is 0 Å². The Labute approximate surface area is 482 Å². The minimum Gasteiger partial charge on any atom is -0.394 e. The summed E-state index contributed by atoms with van der Waals surface area (Å²) in [5.74, 6) is -0.659. The van der Waals surface area contributed by atoms with Crippen LogP contribution in [-0.4, -0.2) is 336 Å². The molecule has 0 aromatic carbocycles. The third-order valence-electron chi connectivity index (χ3n) is 13.2. The highest BCUT2D eigenvalue weighted by Crippen LogP contribution is 2.27. The molecule has 0 aliphatic carbocycles. The zero-order valence-corrected chi connectivity index (χ0v) is 47.4. The second-order valence-electron chi connectivity index (χ2n) is 20.1. The summed E-state index contributed by atoms with van der Waals surface area (Å²) in [4.78, 5) is 37.6. The summed E-state index contributed by atoms with van der Waals surface area (Å²) in [6.45, 7) is 4.02. The molecule has 0 bridgehead atoms. The van der Waals surface area contributed by atoms with E-state index in [4.69, 9.17) is 66.3 Å². The van der Waals surface area contributed by atoms with Crippen LogP contribution in [0.5, 0.6) is 0 Å². The van der Waals surface area contributed by atoms with Crippen molar-refractivity contribution in [2.45, 2.75) is 138 Å². The first-order chi connectivity index (χ1) is 40.0. The lowest BCUT2D eigenvalue weighted by molar-refractivity contribution is -0.302. The number of rotatable bonds is 48. The molecule has 3 rings (SSSR count). The van der Waals surface area contributed by atoms with E-state index >= 15 is 0 Å². The molecular weight excluding hydrogens is 1120 g/mol. The molecule has 83 heavy (non-hydrogen) atoms. The summed E-state index contributed by atoms with van der Waals surface area (Å²) in [6, 6.07) is 0. The molecule has 32 nitrogen and oxygen atoms in total. The number of aliphatic hydroxyl groups excluding tert-OH is 12. The molecule has 3 aliphatic heterocycles. The maximum Gasteiger partial charge on any atom is 0.222 e. The zero-order chi connectivity index (χ0) is 60.8. The van der Waals surface area contributed by atoms with Gasteiger partial charge in [0.2, 0.25) is 17.7 Å². The number of carbonyl (C=O) groups excluding carboxylic acids is 3. The van der Waals surface area contributed by atoms with Crippen LogP contribution in [0.3, 0.4) is 0 Å². The van der Waals surface area contributed by atoms with Crippen LogP contribution in [0.2, 0.25) is 0 Å². The van der Waals surface area contributed by atoms with Crippen LogP contribution in [0.25, 0.3) is 0 Å². The van der Waals surface area contributed by atoms with E-state index in [2.05, 4.69) is 16.0 Å². The maximum absolute atomic E-state index is 12.6. The van der Waals surface area contributed by atoms with E-state index in [1.165, 1.54) is 0 Å². The molecule has 0 spiro atoms. The second-order valence-corrected chi connectivity index (χ2v) is 20.1. The van der Waals surface area contributed by atoms with Crippen LogP contribution in [0.4, 0.5) is 0 Å². The largest absolute Gasteiger partial charge is 0.394 e. The average Bonchev–Trinajstić information content (AvgIpc) is 3.66. The highest BCUT2D eigenvalue weighted by molar-refractivity contribution is 5.76. The molecule has 0 radical (unpaired) electrons. The lowest BCUT2D eigenvalue weighted by atomic mass is 9.86. The van der Waals surface area contributed by atoms with Crippen LogP contribution in [-0.2, 0) is 80.7 Å². The van der Waals surface area contributed by atoms with Crippen LogP contribution in [0.1, 0.15) is 45.4 Å². The van der Waals surface area contributed by atoms with Gasteiger partial charge in [-0.25, -0.2) is 0 Å². The van der Waals surface area contributed by atoms with E-state index in [1.807, 2.05) is 6.92 Å². The normalized spacial score (nSPS) is 29.1. The molecule has 15 atom stereocenters. The Hall–Kier alpha value is -2.63. The summed E-state index contributed by atoms with van der Waals surface area (Å²) >= 11 is 0. The molecule has 488 valence electrons. The number of nitrogens with one attached hydrogen (secondary N) is 3. The maximum atomic E-state index is 12.6. The lowest BCUT2D eigenvalue weighted by Gasteiger charge is -2.39. The Kier molecular flexibility index (Phi) is 39.5. The quantitative estimate of drug-likeness (QED) is 0.0252. The highest BCUT2D eigenvalue weighted by atomic mass is 16.7. The molecule has 6 unspecified atom stereocenters. The fraction of sp³-hybridized carbons (Fsp3) is 0.941. The second kappa shape index (κ2) is 43.9. The Morgan fingerprint density at radius 1 is 0.361 bits per heavy atom. The van der Waals surface area contributed by atoms with Crippen molar-refractivity contribution in [1.29, 1.82) is 0 Å². The molecule has 3 saturated heterocycles. The molecule has 3 amide bonds. The highest BCUT2D eigenvalue weighted by Gasteiger charge is 2.46. The van der Waals surface area contributed by atoms with Gasteiger partial charge in [0.1, 0.15) is 73.2 Å². The fourth-order valence-corrected chi connectivity index (χ4v) is 8.29. The minimum absolute atomic E-state index is 0.00103. The van der Waals surface area contributed by atoms with Crippen LogP contribution in [0, 0.1) is 5.41 Å². The predicted octanol–water partition coefficient (Wildman–Crippen LogP) is -7.74. The van der Waals surface area contributed by atoms with Crippen LogP contribution < -0.4 is 16.0 Å². The van der Waals surface area contributed by atoms with Crippen molar-refractivity contribution in [2.24, 2.45) is 5.41 Å². The van der Waals surface area contributed by atoms with Crippen molar-refractivity contribution in [3.05, 3.63) is 0 Å². The smallest absolute Gasteiger partial charge is 0.222 e. The molecule has 0 aromatic heterocycles. The van der Waals surface area contributed by atoms with Gasteiger partial charge >= 0.3 is 0 Å². The third kappa shape index (κ3) is 29.8. The number of unbranched alkanes of at least 4 members (excludes halogenated alkanes) is 1. The number of hydrogen-bond acceptors (Lipinski definition) is 29. The fourth-order valence-electron chi connectivity index (χ4n) is 8.29. The molecule has 15 N–H and O–H groups in total. The van der Waals surface area contributed by atoms with Gasteiger partial charge in [-0.1, -0.05) is 13.3 Å². The van der Waals surface area contributed by atoms with Gasteiger partial charge in [-0.2, -0.15) is 0 Å². The van der Waals surface area contributed by atoms with Crippen molar-refractivity contribution in [2.75, 3.05) is 165 Å². The Morgan fingerprint density at radius 2 is 0.651 bits per heavy atom. The topological polar surface area (TPSA) is 459 Å². The molecular formula is C51H95N3O29. The molecule has 0 aromatic rings. The third-order valence-corrected chi connectivity index (χ3v) is 13.2. The number of amides is 3. The van der Waals surface area contributed by atoms with Gasteiger partial charge in [0, 0.05) is 44.3 Å². The van der Waals surface area contributed by atoms with Crippen molar-refractivity contribution in [3.8, 4) is 0 Å². The van der Waals surface area contributed by atoms with E-state index in [0.29, 0.717) is 19.3 Å². The van der Waals surface area contributed by atoms with Crippen LogP contribution >= 0.6 is 0 Å². The summed E-state index contributed by atoms with van der Waals surface area (Å²) < 4.78 is 76.6. The van der Waals surface area contributed by atoms with Crippen molar-refractivity contribution in [1.82, 2.24) is 16.0 Å². The van der Waals surface area contributed by atoms with Gasteiger partial charge in [-0.15, -0.1) is 0 Å². The molecule has 0 saturated carbocycles. The number of ether oxygens (including phenoxy) is 14. The molecule has 3 fully saturated rings. The summed E-state index contributed by atoms with van der Waals surface area (Å²) in [6.07, 6.45) is -18.3. The average molecular weight is 1210 g/mol. The van der Waals surface area contributed by atoms with Crippen LogP contribution in [0.15, 0.2) is 0 Å². The number of aliphatic hydroxyl groups is 12. The van der Waals surface area contributed by atoms with Gasteiger partial charge in [-0.05, 0) is 12.8 Å². The molecule has 3 heterocycles. The van der Waals surface area contributed by atoms with Crippen molar-refractivity contribution in [3.63, 3.8) is 0 Å². The van der Waals surface area contributed by atoms with E-state index in [0.717, 1.165) is 0 Å². The minimum atomic E-state index is -1.54. The van der Waals surface area contributed by atoms with Gasteiger partial charge in [0.05, 0.1) is 145 Å². The van der Waals surface area contributed by atoms with Gasteiger partial charge in [-0.3, -0.25) is 14.4 Å². The monoisotopic (exact) mass is 1210 g/mol. The molecule has 3 aliphatic rings. The first-order valence-corrected chi connectivity index (χ1v) is 28.1. The standard InChI is InChI=1S/C51H95N3O29/c1-51(7-3-2-4-36(58)52-8-13-70-16-19-73-22-25-78-48-45(67)42(64)39(61)33(28-55)81-48,31-76-11-5-37(59)53-9-14-71-17-20-74-23-26-79-49-46(68)43(65)40(62)34(29-56)82-49)32-77-12-6-38(60)54-10-15-72-18-21-75-24-27-80-50-47(69)44(66)41(63)35(30-57)83-50/h33-35,39-50,55-57,61-69H,2-32H2,1H3,(H,52,58)(H,53,59)(H,54,60)/t33?,34?,35?,39-,40-,41-,42+,43+,44+,45?,46?,47?,48+,49+,50+,51?/m1/s1. The predicted molar refractivity (Wildman–Crippen MR) is 281 cm³/mol.